The van der Waals surface area contributed by atoms with Crippen molar-refractivity contribution in [3.63, 3.8) is 0 Å². The number of nitrogens with two attached hydrogens (primary N) is 1. The minimum Gasteiger partial charge on any atom is -0.323 e. The van der Waals surface area contributed by atoms with E-state index in [-0.39, 0.29) is 6.04 Å². The van der Waals surface area contributed by atoms with Crippen LogP contribution in [0.4, 0.5) is 0 Å². The van der Waals surface area contributed by atoms with Gasteiger partial charge in [-0.15, -0.1) is 5.10 Å². The molecule has 0 amide bonds. The van der Waals surface area contributed by atoms with Gasteiger partial charge in [-0.05, 0) is 48.0 Å². The van der Waals surface area contributed by atoms with E-state index in [1.807, 2.05) is 32.0 Å². The quantitative estimate of drug-likeness (QED) is 0.927. The molecule has 0 aliphatic rings. The van der Waals surface area contributed by atoms with Crippen LogP contribution in [0.5, 0.6) is 0 Å². The van der Waals surface area contributed by atoms with E-state index in [0.29, 0.717) is 5.02 Å². The second kappa shape index (κ2) is 4.76. The molecule has 1 heterocycles. The minimum atomic E-state index is -0.130. The topological polar surface area (TPSA) is 56.7 Å². The van der Waals surface area contributed by atoms with Crippen LogP contribution in [0.3, 0.4) is 0 Å². The lowest BCUT2D eigenvalue weighted by Gasteiger charge is -2.06. The van der Waals surface area contributed by atoms with Gasteiger partial charge in [0.25, 0.3) is 0 Å². The van der Waals surface area contributed by atoms with Crippen LogP contribution in [0.25, 0.3) is 5.69 Å². The first-order valence-electron chi connectivity index (χ1n) is 5.14. The number of aromatic nitrogens is 3. The van der Waals surface area contributed by atoms with Gasteiger partial charge in [0.2, 0.25) is 0 Å². The van der Waals surface area contributed by atoms with Crippen LogP contribution >= 0.6 is 27.5 Å². The Morgan fingerprint density at radius 2 is 2.18 bits per heavy atom. The molecule has 6 heteroatoms. The van der Waals surface area contributed by atoms with E-state index in [1.165, 1.54) is 0 Å². The fourth-order valence-electron chi connectivity index (χ4n) is 1.62. The smallest absolute Gasteiger partial charge is 0.102 e. The van der Waals surface area contributed by atoms with Gasteiger partial charge < -0.3 is 5.73 Å². The Hall–Kier alpha value is -0.910. The van der Waals surface area contributed by atoms with Crippen LogP contribution in [0, 0.1) is 6.92 Å². The predicted octanol–water partition coefficient (Wildman–Crippen LogP) is 3.01. The Morgan fingerprint density at radius 1 is 1.47 bits per heavy atom. The van der Waals surface area contributed by atoms with Gasteiger partial charge in [-0.2, -0.15) is 0 Å². The Morgan fingerprint density at radius 3 is 2.71 bits per heavy atom. The SMILES string of the molecule is Cc1c(C(C)N)nnn1-c1ccc(Br)c(Cl)c1. The average Bonchev–Trinajstić information content (AvgIpc) is 2.64. The summed E-state index contributed by atoms with van der Waals surface area (Å²) < 4.78 is 2.59. The van der Waals surface area contributed by atoms with Crippen LogP contribution in [-0.2, 0) is 0 Å². The van der Waals surface area contributed by atoms with E-state index in [1.54, 1.807) is 4.68 Å². The van der Waals surface area contributed by atoms with Gasteiger partial charge in [-0.1, -0.05) is 16.8 Å². The first-order chi connectivity index (χ1) is 8.00. The molecular formula is C11H12BrClN4. The van der Waals surface area contributed by atoms with Crippen molar-refractivity contribution in [3.05, 3.63) is 39.1 Å². The summed E-state index contributed by atoms with van der Waals surface area (Å²) in [4.78, 5) is 0. The van der Waals surface area contributed by atoms with Gasteiger partial charge in [-0.3, -0.25) is 0 Å². The molecule has 0 spiro atoms. The normalized spacial score (nSPS) is 12.8. The summed E-state index contributed by atoms with van der Waals surface area (Å²) in [5.41, 5.74) is 8.41. The Kier molecular flexibility index (Phi) is 3.51. The third-order valence-corrected chi connectivity index (χ3v) is 3.74. The summed E-state index contributed by atoms with van der Waals surface area (Å²) in [6.45, 7) is 3.82. The van der Waals surface area contributed by atoms with Crippen LogP contribution < -0.4 is 5.73 Å². The van der Waals surface area contributed by atoms with E-state index in [9.17, 15) is 0 Å². The van der Waals surface area contributed by atoms with Crippen molar-refractivity contribution >= 4 is 27.5 Å². The third kappa shape index (κ3) is 2.36. The minimum absolute atomic E-state index is 0.130. The lowest BCUT2D eigenvalue weighted by molar-refractivity contribution is 0.756. The van der Waals surface area contributed by atoms with Gasteiger partial charge in [0.05, 0.1) is 16.4 Å². The molecule has 1 atom stereocenters. The summed E-state index contributed by atoms with van der Waals surface area (Å²) >= 11 is 9.40. The third-order valence-electron chi connectivity index (χ3n) is 2.51. The van der Waals surface area contributed by atoms with E-state index in [0.717, 1.165) is 21.5 Å². The lowest BCUT2D eigenvalue weighted by atomic mass is 10.2. The first kappa shape index (κ1) is 12.5. The van der Waals surface area contributed by atoms with Gasteiger partial charge in [0.15, 0.2) is 0 Å². The monoisotopic (exact) mass is 314 g/mol. The highest BCUT2D eigenvalue weighted by Crippen LogP contribution is 2.25. The van der Waals surface area contributed by atoms with Crippen molar-refractivity contribution in [2.24, 2.45) is 5.73 Å². The number of hydrogen-bond acceptors (Lipinski definition) is 3. The molecule has 17 heavy (non-hydrogen) atoms. The van der Waals surface area contributed by atoms with Crippen LogP contribution in [0.1, 0.15) is 24.4 Å². The fraction of sp³-hybridized carbons (Fsp3) is 0.273. The molecular weight excluding hydrogens is 304 g/mol. The second-order valence-corrected chi connectivity index (χ2v) is 5.12. The molecule has 2 rings (SSSR count). The van der Waals surface area contributed by atoms with E-state index >= 15 is 0 Å². The molecule has 1 aromatic heterocycles. The Balaban J connectivity index is 2.50. The highest BCUT2D eigenvalue weighted by atomic mass is 79.9. The number of hydrogen-bond donors (Lipinski definition) is 1. The van der Waals surface area contributed by atoms with Crippen molar-refractivity contribution in [1.29, 1.82) is 0 Å². The molecule has 0 saturated heterocycles. The zero-order valence-electron chi connectivity index (χ0n) is 9.48. The van der Waals surface area contributed by atoms with Gasteiger partial charge in [0.1, 0.15) is 5.69 Å². The molecule has 0 fully saturated rings. The van der Waals surface area contributed by atoms with Crippen LogP contribution in [-0.4, -0.2) is 15.0 Å². The number of nitrogens with zero attached hydrogens (tertiary/aromatic N) is 3. The average molecular weight is 316 g/mol. The summed E-state index contributed by atoms with van der Waals surface area (Å²) in [5.74, 6) is 0. The zero-order valence-corrected chi connectivity index (χ0v) is 11.8. The molecule has 2 aromatic rings. The standard InChI is InChI=1S/C11H12BrClN4/c1-6(14)11-7(2)17(16-15-11)8-3-4-9(12)10(13)5-8/h3-6H,14H2,1-2H3. The molecule has 0 bridgehead atoms. The predicted molar refractivity (Wildman–Crippen MR) is 71.4 cm³/mol. The first-order valence-corrected chi connectivity index (χ1v) is 6.31. The molecule has 0 saturated carbocycles. The summed E-state index contributed by atoms with van der Waals surface area (Å²) in [7, 11) is 0. The van der Waals surface area contributed by atoms with Gasteiger partial charge in [-0.25, -0.2) is 4.68 Å². The van der Waals surface area contributed by atoms with Crippen molar-refractivity contribution in [3.8, 4) is 5.69 Å². The van der Waals surface area contributed by atoms with Crippen molar-refractivity contribution in [1.82, 2.24) is 15.0 Å². The van der Waals surface area contributed by atoms with Crippen molar-refractivity contribution in [2.75, 3.05) is 0 Å². The van der Waals surface area contributed by atoms with Gasteiger partial charge in [0, 0.05) is 10.5 Å². The van der Waals surface area contributed by atoms with Crippen molar-refractivity contribution < 1.29 is 0 Å². The van der Waals surface area contributed by atoms with Crippen molar-refractivity contribution in [2.45, 2.75) is 19.9 Å². The summed E-state index contributed by atoms with van der Waals surface area (Å²) in [5, 5.41) is 8.81. The maximum atomic E-state index is 6.05. The van der Waals surface area contributed by atoms with E-state index in [4.69, 9.17) is 17.3 Å². The molecule has 0 radical (unpaired) electrons. The molecule has 2 N–H and O–H groups in total. The molecule has 0 aliphatic heterocycles. The van der Waals surface area contributed by atoms with Gasteiger partial charge >= 0.3 is 0 Å². The zero-order chi connectivity index (χ0) is 12.6. The van der Waals surface area contributed by atoms with E-state index in [2.05, 4.69) is 26.2 Å². The van der Waals surface area contributed by atoms with Crippen LogP contribution in [0.15, 0.2) is 22.7 Å². The largest absolute Gasteiger partial charge is 0.323 e. The summed E-state index contributed by atoms with van der Waals surface area (Å²) in [6, 6.07) is 5.50. The van der Waals surface area contributed by atoms with E-state index < -0.39 is 0 Å². The second-order valence-electron chi connectivity index (χ2n) is 3.86. The number of halogens is 2. The Labute approximate surface area is 113 Å². The maximum absolute atomic E-state index is 6.05. The lowest BCUT2D eigenvalue weighted by Crippen LogP contribution is -2.07. The highest BCUT2D eigenvalue weighted by molar-refractivity contribution is 9.10. The van der Waals surface area contributed by atoms with Crippen LogP contribution in [0.2, 0.25) is 5.02 Å². The Bertz CT molecular complexity index is 550. The molecule has 1 aromatic carbocycles. The number of benzene rings is 1. The highest BCUT2D eigenvalue weighted by Gasteiger charge is 2.13. The fourth-order valence-corrected chi connectivity index (χ4v) is 2.04. The maximum Gasteiger partial charge on any atom is 0.102 e. The molecule has 0 aliphatic carbocycles. The molecule has 1 unspecified atom stereocenters. The summed E-state index contributed by atoms with van der Waals surface area (Å²) in [6.07, 6.45) is 0. The number of rotatable bonds is 2. The molecule has 90 valence electrons. The molecule has 4 nitrogen and oxygen atoms in total.